The lowest BCUT2D eigenvalue weighted by Gasteiger charge is -2.02. The lowest BCUT2D eigenvalue weighted by Crippen LogP contribution is -2.12. The third kappa shape index (κ3) is 2.02. The first kappa shape index (κ1) is 12.6. The number of aromatic nitrogens is 1. The molecular weight excluding hydrogens is 272 g/mol. The summed E-state index contributed by atoms with van der Waals surface area (Å²) in [6, 6.07) is 13.0. The molecule has 2 aromatic carbocycles. The van der Waals surface area contributed by atoms with E-state index >= 15 is 0 Å². The smallest absolute Gasteiger partial charge is 0.249 e. The average molecular weight is 284 g/mol. The first-order chi connectivity index (χ1) is 9.70. The highest BCUT2D eigenvalue weighted by Gasteiger charge is 2.14. The molecule has 0 fully saturated rings. The van der Waals surface area contributed by atoms with Gasteiger partial charge in [-0.2, -0.15) is 0 Å². The van der Waals surface area contributed by atoms with Crippen LogP contribution in [0.15, 0.2) is 42.5 Å². The summed E-state index contributed by atoms with van der Waals surface area (Å²) in [6.07, 6.45) is 0. The van der Waals surface area contributed by atoms with Gasteiger partial charge in [0.15, 0.2) is 0 Å². The maximum atomic E-state index is 11.5. The minimum absolute atomic E-state index is 0.452. The zero-order chi connectivity index (χ0) is 14.1. The van der Waals surface area contributed by atoms with Gasteiger partial charge in [-0.25, -0.2) is 4.98 Å². The van der Waals surface area contributed by atoms with Crippen LogP contribution in [-0.2, 0) is 0 Å². The van der Waals surface area contributed by atoms with Crippen LogP contribution in [0.3, 0.4) is 0 Å². The van der Waals surface area contributed by atoms with Crippen molar-refractivity contribution < 1.29 is 9.53 Å². The number of carbonyl (C=O) groups is 1. The molecule has 0 saturated heterocycles. The van der Waals surface area contributed by atoms with Crippen molar-refractivity contribution in [3.63, 3.8) is 0 Å². The summed E-state index contributed by atoms with van der Waals surface area (Å²) >= 11 is 1.51. The van der Waals surface area contributed by atoms with Crippen LogP contribution < -0.4 is 10.5 Å². The highest BCUT2D eigenvalue weighted by Crippen LogP contribution is 2.35. The molecule has 20 heavy (non-hydrogen) atoms. The molecular formula is C15H12N2O2S. The van der Waals surface area contributed by atoms with Gasteiger partial charge < -0.3 is 10.5 Å². The van der Waals surface area contributed by atoms with Crippen LogP contribution in [0.2, 0.25) is 0 Å². The van der Waals surface area contributed by atoms with Crippen molar-refractivity contribution in [2.24, 2.45) is 5.73 Å². The van der Waals surface area contributed by atoms with Gasteiger partial charge in [0.1, 0.15) is 16.3 Å². The second-order valence-corrected chi connectivity index (χ2v) is 5.27. The average Bonchev–Trinajstić information content (AvgIpc) is 2.90. The summed E-state index contributed by atoms with van der Waals surface area (Å²) in [4.78, 5) is 16.1. The molecule has 0 atom stereocenters. The molecule has 1 aromatic heterocycles. The summed E-state index contributed by atoms with van der Waals surface area (Å²) < 4.78 is 6.32. The molecule has 4 nitrogen and oxygen atoms in total. The van der Waals surface area contributed by atoms with Crippen LogP contribution in [0.25, 0.3) is 20.8 Å². The number of benzene rings is 2. The van der Waals surface area contributed by atoms with Crippen LogP contribution in [0, 0.1) is 0 Å². The zero-order valence-corrected chi connectivity index (χ0v) is 11.6. The van der Waals surface area contributed by atoms with Gasteiger partial charge in [-0.05, 0) is 18.2 Å². The predicted molar refractivity (Wildman–Crippen MR) is 80.1 cm³/mol. The quantitative estimate of drug-likeness (QED) is 0.803. The highest BCUT2D eigenvalue weighted by molar-refractivity contribution is 7.21. The first-order valence-electron chi connectivity index (χ1n) is 6.03. The summed E-state index contributed by atoms with van der Waals surface area (Å²) in [5.41, 5.74) is 7.45. The van der Waals surface area contributed by atoms with E-state index in [9.17, 15) is 4.79 Å². The normalized spacial score (nSPS) is 10.7. The van der Waals surface area contributed by atoms with Gasteiger partial charge in [-0.3, -0.25) is 4.79 Å². The molecule has 1 amide bonds. The number of thiazole rings is 1. The molecule has 0 unspecified atom stereocenters. The predicted octanol–water partition coefficient (Wildman–Crippen LogP) is 3.07. The molecule has 0 aliphatic carbocycles. The Balaban J connectivity index is 2.23. The summed E-state index contributed by atoms with van der Waals surface area (Å²) in [6.45, 7) is 0. The summed E-state index contributed by atoms with van der Waals surface area (Å²) in [5, 5.41) is 0.763. The van der Waals surface area contributed by atoms with Crippen LogP contribution in [0.4, 0.5) is 0 Å². The van der Waals surface area contributed by atoms with E-state index in [0.717, 1.165) is 26.5 Å². The van der Waals surface area contributed by atoms with Crippen molar-refractivity contribution in [3.05, 3.63) is 48.0 Å². The maximum Gasteiger partial charge on any atom is 0.249 e. The van der Waals surface area contributed by atoms with E-state index in [1.165, 1.54) is 11.3 Å². The molecule has 3 rings (SSSR count). The number of methoxy groups -OCH3 is 1. The fourth-order valence-electron chi connectivity index (χ4n) is 2.09. The number of ether oxygens (including phenoxy) is 1. The first-order valence-corrected chi connectivity index (χ1v) is 6.85. The van der Waals surface area contributed by atoms with Gasteiger partial charge in [0.05, 0.1) is 11.8 Å². The number of carbonyl (C=O) groups excluding carboxylic acids is 1. The SMILES string of the molecule is COc1cccc2sc(-c3ccccc3C(N)=O)nc12. The minimum Gasteiger partial charge on any atom is -0.494 e. The van der Waals surface area contributed by atoms with E-state index in [4.69, 9.17) is 10.5 Å². The molecule has 0 bridgehead atoms. The van der Waals surface area contributed by atoms with E-state index in [0.29, 0.717) is 5.56 Å². The van der Waals surface area contributed by atoms with Crippen LogP contribution in [0.5, 0.6) is 5.75 Å². The largest absolute Gasteiger partial charge is 0.494 e. The maximum absolute atomic E-state index is 11.5. The number of fused-ring (bicyclic) bond motifs is 1. The Morgan fingerprint density at radius 3 is 2.75 bits per heavy atom. The highest BCUT2D eigenvalue weighted by atomic mass is 32.1. The van der Waals surface area contributed by atoms with Crippen molar-refractivity contribution in [2.75, 3.05) is 7.11 Å². The Hall–Kier alpha value is -2.40. The fraction of sp³-hybridized carbons (Fsp3) is 0.0667. The van der Waals surface area contributed by atoms with E-state index in [1.54, 1.807) is 19.2 Å². The number of amides is 1. The van der Waals surface area contributed by atoms with Crippen molar-refractivity contribution in [2.45, 2.75) is 0 Å². The molecule has 0 spiro atoms. The number of hydrogen-bond acceptors (Lipinski definition) is 4. The Bertz CT molecular complexity index is 795. The van der Waals surface area contributed by atoms with Gasteiger partial charge in [0.25, 0.3) is 0 Å². The molecule has 5 heteroatoms. The van der Waals surface area contributed by atoms with Crippen molar-refractivity contribution in [1.82, 2.24) is 4.98 Å². The second kappa shape index (κ2) is 4.94. The van der Waals surface area contributed by atoms with Crippen LogP contribution in [0.1, 0.15) is 10.4 Å². The van der Waals surface area contributed by atoms with Gasteiger partial charge in [0.2, 0.25) is 5.91 Å². The minimum atomic E-state index is -0.452. The van der Waals surface area contributed by atoms with Crippen LogP contribution in [-0.4, -0.2) is 18.0 Å². The van der Waals surface area contributed by atoms with E-state index in [2.05, 4.69) is 4.98 Å². The molecule has 0 radical (unpaired) electrons. The Kier molecular flexibility index (Phi) is 3.12. The Labute approximate surface area is 119 Å². The van der Waals surface area contributed by atoms with Gasteiger partial charge >= 0.3 is 0 Å². The van der Waals surface area contributed by atoms with E-state index in [1.807, 2.05) is 30.3 Å². The monoisotopic (exact) mass is 284 g/mol. The molecule has 0 aliphatic heterocycles. The Morgan fingerprint density at radius 1 is 1.20 bits per heavy atom. The number of nitrogens with zero attached hydrogens (tertiary/aromatic N) is 1. The third-order valence-electron chi connectivity index (χ3n) is 3.02. The summed E-state index contributed by atoms with van der Waals surface area (Å²) in [7, 11) is 1.62. The molecule has 1 heterocycles. The molecule has 0 saturated carbocycles. The number of hydrogen-bond donors (Lipinski definition) is 1. The third-order valence-corrected chi connectivity index (χ3v) is 4.08. The van der Waals surface area contributed by atoms with Gasteiger partial charge in [-0.15, -0.1) is 11.3 Å². The number of rotatable bonds is 3. The topological polar surface area (TPSA) is 65.2 Å². The second-order valence-electron chi connectivity index (χ2n) is 4.24. The summed E-state index contributed by atoms with van der Waals surface area (Å²) in [5.74, 6) is 0.272. The lowest BCUT2D eigenvalue weighted by atomic mass is 10.1. The van der Waals surface area contributed by atoms with Gasteiger partial charge in [-0.1, -0.05) is 24.3 Å². The van der Waals surface area contributed by atoms with E-state index in [-0.39, 0.29) is 0 Å². The molecule has 2 N–H and O–H groups in total. The molecule has 3 aromatic rings. The zero-order valence-electron chi connectivity index (χ0n) is 10.8. The molecule has 100 valence electrons. The van der Waals surface area contributed by atoms with Crippen molar-refractivity contribution in [1.29, 1.82) is 0 Å². The fourth-order valence-corrected chi connectivity index (χ4v) is 3.11. The Morgan fingerprint density at radius 2 is 2.00 bits per heavy atom. The number of para-hydroxylation sites is 1. The standard InChI is InChI=1S/C15H12N2O2S/c1-19-11-7-4-8-12-13(11)17-15(20-12)10-6-3-2-5-9(10)14(16)18/h2-8H,1H3,(H2,16,18). The van der Waals surface area contributed by atoms with Crippen molar-refractivity contribution in [3.8, 4) is 16.3 Å². The van der Waals surface area contributed by atoms with Gasteiger partial charge in [0, 0.05) is 11.1 Å². The lowest BCUT2D eigenvalue weighted by molar-refractivity contribution is 0.100. The molecule has 0 aliphatic rings. The number of nitrogens with two attached hydrogens (primary N) is 1. The number of primary amides is 1. The van der Waals surface area contributed by atoms with E-state index < -0.39 is 5.91 Å². The van der Waals surface area contributed by atoms with Crippen molar-refractivity contribution >= 4 is 27.5 Å². The van der Waals surface area contributed by atoms with Crippen LogP contribution >= 0.6 is 11.3 Å².